The molecular formula is C13H10Br2O4. The molecule has 2 heterocycles. The molecule has 0 fully saturated rings. The van der Waals surface area contributed by atoms with Crippen LogP contribution in [0.25, 0.3) is 0 Å². The van der Waals surface area contributed by atoms with Gasteiger partial charge in [0.15, 0.2) is 16.2 Å². The summed E-state index contributed by atoms with van der Waals surface area (Å²) in [5.41, 5.74) is 1.36. The maximum atomic E-state index is 10.4. The van der Waals surface area contributed by atoms with Gasteiger partial charge in [-0.05, 0) is 34.1 Å². The van der Waals surface area contributed by atoms with Crippen molar-refractivity contribution in [2.24, 2.45) is 0 Å². The van der Waals surface area contributed by atoms with E-state index in [2.05, 4.69) is 31.9 Å². The summed E-state index contributed by atoms with van der Waals surface area (Å²) >= 11 is 6.71. The van der Waals surface area contributed by atoms with Crippen LogP contribution in [0.5, 0.6) is 11.5 Å². The van der Waals surface area contributed by atoms with Crippen LogP contribution in [0.15, 0.2) is 38.0 Å². The Balaban J connectivity index is 2.03. The van der Waals surface area contributed by atoms with Crippen molar-refractivity contribution in [2.75, 3.05) is 13.2 Å². The molecule has 1 unspecified atom stereocenters. The van der Waals surface area contributed by atoms with E-state index in [1.807, 2.05) is 0 Å². The highest BCUT2D eigenvalue weighted by molar-refractivity contribution is 9.10. The van der Waals surface area contributed by atoms with Crippen molar-refractivity contribution in [3.05, 3.63) is 44.7 Å². The topological polar surface area (TPSA) is 51.8 Å². The van der Waals surface area contributed by atoms with Crippen LogP contribution in [0.2, 0.25) is 0 Å². The Hall–Kier alpha value is -0.980. The Bertz CT molecular complexity index is 609. The third kappa shape index (κ3) is 2.40. The van der Waals surface area contributed by atoms with E-state index in [0.717, 1.165) is 4.47 Å². The van der Waals surface area contributed by atoms with E-state index < -0.39 is 6.10 Å². The fourth-order valence-electron chi connectivity index (χ4n) is 1.96. The summed E-state index contributed by atoms with van der Waals surface area (Å²) in [6.07, 6.45) is 0.715. The molecule has 0 radical (unpaired) electrons. The fourth-order valence-corrected chi connectivity index (χ4v) is 2.95. The van der Waals surface area contributed by atoms with Crippen molar-refractivity contribution < 1.29 is 19.0 Å². The number of fused-ring (bicyclic) bond motifs is 1. The molecule has 0 saturated heterocycles. The first-order chi connectivity index (χ1) is 9.16. The lowest BCUT2D eigenvalue weighted by molar-refractivity contribution is 0.169. The van der Waals surface area contributed by atoms with Crippen LogP contribution in [0.3, 0.4) is 0 Å². The number of aliphatic hydroxyl groups is 1. The fraction of sp³-hybridized carbons (Fsp3) is 0.231. The van der Waals surface area contributed by atoms with E-state index in [4.69, 9.17) is 13.9 Å². The van der Waals surface area contributed by atoms with Gasteiger partial charge in [0.25, 0.3) is 0 Å². The van der Waals surface area contributed by atoms with Gasteiger partial charge in [-0.25, -0.2) is 0 Å². The number of aliphatic hydroxyl groups excluding tert-OH is 1. The number of hydrogen-bond donors (Lipinski definition) is 1. The highest BCUT2D eigenvalue weighted by Gasteiger charge is 2.22. The first-order valence-corrected chi connectivity index (χ1v) is 7.25. The maximum Gasteiger partial charge on any atom is 0.175 e. The number of furan rings is 1. The Kier molecular flexibility index (Phi) is 3.56. The summed E-state index contributed by atoms with van der Waals surface area (Å²) in [5, 5.41) is 10.4. The second kappa shape index (κ2) is 5.19. The van der Waals surface area contributed by atoms with E-state index in [1.165, 1.54) is 6.26 Å². The zero-order valence-electron chi connectivity index (χ0n) is 9.73. The molecule has 1 aliphatic rings. The average molecular weight is 390 g/mol. The molecule has 1 aromatic carbocycles. The van der Waals surface area contributed by atoms with Crippen LogP contribution in [0.4, 0.5) is 0 Å². The van der Waals surface area contributed by atoms with Gasteiger partial charge in [-0.15, -0.1) is 0 Å². The van der Waals surface area contributed by atoms with Gasteiger partial charge in [0.05, 0.1) is 6.26 Å². The predicted octanol–water partition coefficient (Wildman–Crippen LogP) is 3.66. The van der Waals surface area contributed by atoms with Crippen LogP contribution in [0, 0.1) is 0 Å². The number of rotatable bonds is 2. The summed E-state index contributed by atoms with van der Waals surface area (Å²) in [6.45, 7) is 1.05. The SMILES string of the molecule is OC(c1cc2c(cc1Br)OCCO2)c1ccoc1Br. The standard InChI is InChI=1S/C13H10Br2O4/c14-9-6-11-10(17-3-4-18-11)5-8(9)12(16)7-1-2-19-13(7)15/h1-2,5-6,12,16H,3-4H2. The number of benzene rings is 1. The minimum Gasteiger partial charge on any atom is -0.486 e. The first kappa shape index (κ1) is 13.0. The van der Waals surface area contributed by atoms with Crippen molar-refractivity contribution >= 4 is 31.9 Å². The Labute approximate surface area is 126 Å². The molecule has 0 saturated carbocycles. The first-order valence-electron chi connectivity index (χ1n) is 5.67. The predicted molar refractivity (Wildman–Crippen MR) is 75.6 cm³/mol. The molecule has 0 aliphatic carbocycles. The van der Waals surface area contributed by atoms with Crippen LogP contribution in [0.1, 0.15) is 17.2 Å². The van der Waals surface area contributed by atoms with Crippen molar-refractivity contribution in [2.45, 2.75) is 6.10 Å². The normalized spacial score (nSPS) is 15.3. The average Bonchev–Trinajstić information content (AvgIpc) is 2.83. The molecule has 0 bridgehead atoms. The molecule has 1 aliphatic heterocycles. The summed E-state index contributed by atoms with van der Waals surface area (Å²) in [5.74, 6) is 1.32. The third-order valence-corrected chi connectivity index (χ3v) is 4.23. The second-order valence-corrected chi connectivity index (χ2v) is 5.64. The van der Waals surface area contributed by atoms with Crippen LogP contribution in [-0.2, 0) is 0 Å². The highest BCUT2D eigenvalue weighted by Crippen LogP contribution is 2.40. The lowest BCUT2D eigenvalue weighted by Crippen LogP contribution is -2.16. The molecule has 19 heavy (non-hydrogen) atoms. The van der Waals surface area contributed by atoms with Gasteiger partial charge in [0, 0.05) is 15.6 Å². The molecule has 0 amide bonds. The van der Waals surface area contributed by atoms with Gasteiger partial charge >= 0.3 is 0 Å². The van der Waals surface area contributed by atoms with Crippen molar-refractivity contribution in [1.29, 1.82) is 0 Å². The van der Waals surface area contributed by atoms with Crippen LogP contribution in [-0.4, -0.2) is 18.3 Å². The molecule has 0 spiro atoms. The van der Waals surface area contributed by atoms with Crippen molar-refractivity contribution in [3.63, 3.8) is 0 Å². The summed E-state index contributed by atoms with van der Waals surface area (Å²) in [6, 6.07) is 5.31. The highest BCUT2D eigenvalue weighted by atomic mass is 79.9. The monoisotopic (exact) mass is 388 g/mol. The molecular weight excluding hydrogens is 380 g/mol. The molecule has 1 N–H and O–H groups in total. The zero-order chi connectivity index (χ0) is 13.4. The van der Waals surface area contributed by atoms with Gasteiger partial charge < -0.3 is 19.0 Å². The number of halogens is 2. The Morgan fingerprint density at radius 3 is 2.37 bits per heavy atom. The molecule has 100 valence electrons. The largest absolute Gasteiger partial charge is 0.486 e. The molecule has 1 atom stereocenters. The van der Waals surface area contributed by atoms with E-state index in [9.17, 15) is 5.11 Å². The summed E-state index contributed by atoms with van der Waals surface area (Å²) in [4.78, 5) is 0. The van der Waals surface area contributed by atoms with Crippen molar-refractivity contribution in [3.8, 4) is 11.5 Å². The van der Waals surface area contributed by atoms with E-state index in [0.29, 0.717) is 40.5 Å². The van der Waals surface area contributed by atoms with Crippen LogP contribution >= 0.6 is 31.9 Å². The van der Waals surface area contributed by atoms with E-state index in [-0.39, 0.29) is 0 Å². The molecule has 4 nitrogen and oxygen atoms in total. The number of hydrogen-bond acceptors (Lipinski definition) is 4. The Morgan fingerprint density at radius 2 is 1.74 bits per heavy atom. The summed E-state index contributed by atoms with van der Waals surface area (Å²) in [7, 11) is 0. The minimum atomic E-state index is -0.807. The van der Waals surface area contributed by atoms with Crippen LogP contribution < -0.4 is 9.47 Å². The van der Waals surface area contributed by atoms with Gasteiger partial charge in [-0.1, -0.05) is 15.9 Å². The molecule has 6 heteroatoms. The van der Waals surface area contributed by atoms with Gasteiger partial charge in [-0.3, -0.25) is 0 Å². The van der Waals surface area contributed by atoms with E-state index in [1.54, 1.807) is 18.2 Å². The quantitative estimate of drug-likeness (QED) is 0.851. The minimum absolute atomic E-state index is 0.513. The lowest BCUT2D eigenvalue weighted by Gasteiger charge is -2.21. The van der Waals surface area contributed by atoms with Gasteiger partial charge in [-0.2, -0.15) is 0 Å². The third-order valence-electron chi connectivity index (χ3n) is 2.90. The maximum absolute atomic E-state index is 10.4. The molecule has 2 aromatic rings. The summed E-state index contributed by atoms with van der Waals surface area (Å²) < 4.78 is 17.4. The van der Waals surface area contributed by atoms with E-state index >= 15 is 0 Å². The lowest BCUT2D eigenvalue weighted by atomic mass is 10.0. The smallest absolute Gasteiger partial charge is 0.175 e. The molecule has 1 aromatic heterocycles. The van der Waals surface area contributed by atoms with Crippen molar-refractivity contribution in [1.82, 2.24) is 0 Å². The van der Waals surface area contributed by atoms with Gasteiger partial charge in [0.1, 0.15) is 19.3 Å². The Morgan fingerprint density at radius 1 is 1.05 bits per heavy atom. The molecule has 3 rings (SSSR count). The number of ether oxygens (including phenoxy) is 2. The second-order valence-electron chi connectivity index (χ2n) is 4.07. The van der Waals surface area contributed by atoms with Gasteiger partial charge in [0.2, 0.25) is 0 Å². The zero-order valence-corrected chi connectivity index (χ0v) is 12.9.